The number of esters is 3. The van der Waals surface area contributed by atoms with Gasteiger partial charge in [0.15, 0.2) is 29.6 Å². The van der Waals surface area contributed by atoms with E-state index in [1.165, 1.54) is 0 Å². The van der Waals surface area contributed by atoms with Crippen molar-refractivity contribution < 1.29 is 56.1 Å². The average Bonchev–Trinajstić information content (AvgIpc) is 3.23. The zero-order valence-corrected chi connectivity index (χ0v) is 21.2. The standard InChI is InChI=1S/C21H23F3N6O10/c1-7(31)26-20-28-16-13(17(35)29-20)30(6-25-16)18-12(27-19(36)21(22,23)24)15(39-10(4)34)14(38-9(3)33)11(40-18)5-37-8(2)32/h6,11-12,14-15,18H,5H2,1-4H3,(H,27,36)(H2,26,28,29,31,35)/t11-,12-,14-,15-,18-/m1/s1. The first-order valence-corrected chi connectivity index (χ1v) is 11.3. The van der Waals surface area contributed by atoms with Crippen LogP contribution in [0.15, 0.2) is 11.1 Å². The summed E-state index contributed by atoms with van der Waals surface area (Å²) in [5, 5.41) is 3.90. The molecule has 0 radical (unpaired) electrons. The third kappa shape index (κ3) is 6.90. The second kappa shape index (κ2) is 11.7. The van der Waals surface area contributed by atoms with Gasteiger partial charge in [-0.15, -0.1) is 0 Å². The fourth-order valence-electron chi connectivity index (χ4n) is 3.92. The van der Waals surface area contributed by atoms with E-state index in [2.05, 4.69) is 20.3 Å². The molecule has 0 spiro atoms. The molecular formula is C21H23F3N6O10. The summed E-state index contributed by atoms with van der Waals surface area (Å²) in [6.07, 6.45) is -11.3. The van der Waals surface area contributed by atoms with E-state index in [0.29, 0.717) is 0 Å². The number of fused-ring (bicyclic) bond motifs is 1. The van der Waals surface area contributed by atoms with Gasteiger partial charge in [-0.3, -0.25) is 43.6 Å². The molecule has 3 heterocycles. The summed E-state index contributed by atoms with van der Waals surface area (Å²) >= 11 is 0. The third-order valence-electron chi connectivity index (χ3n) is 5.28. The van der Waals surface area contributed by atoms with Crippen LogP contribution in [0.4, 0.5) is 19.1 Å². The molecule has 1 aliphatic rings. The number of alkyl halides is 3. The summed E-state index contributed by atoms with van der Waals surface area (Å²) in [6, 6.07) is -1.96. The molecule has 3 rings (SSSR count). The second-order valence-corrected chi connectivity index (χ2v) is 8.43. The van der Waals surface area contributed by atoms with Gasteiger partial charge in [0.05, 0.1) is 0 Å². The van der Waals surface area contributed by atoms with E-state index in [-0.39, 0.29) is 17.1 Å². The lowest BCUT2D eigenvalue weighted by Crippen LogP contribution is -2.65. The molecule has 0 aliphatic carbocycles. The van der Waals surface area contributed by atoms with Crippen LogP contribution in [0.25, 0.3) is 11.2 Å². The molecule has 3 N–H and O–H groups in total. The van der Waals surface area contributed by atoms with Gasteiger partial charge in [0.1, 0.15) is 25.1 Å². The number of carbonyl (C=O) groups is 5. The highest BCUT2D eigenvalue weighted by Crippen LogP contribution is 2.34. The summed E-state index contributed by atoms with van der Waals surface area (Å²) < 4.78 is 61.9. The Morgan fingerprint density at radius 1 is 1.05 bits per heavy atom. The number of aromatic amines is 1. The minimum atomic E-state index is -5.42. The lowest BCUT2D eigenvalue weighted by Gasteiger charge is -2.45. The maximum Gasteiger partial charge on any atom is 0.471 e. The summed E-state index contributed by atoms with van der Waals surface area (Å²) in [4.78, 5) is 81.7. The molecule has 0 unspecified atom stereocenters. The molecule has 2 aromatic rings. The van der Waals surface area contributed by atoms with Crippen molar-refractivity contribution in [2.24, 2.45) is 0 Å². The number of aromatic nitrogens is 4. The quantitative estimate of drug-likeness (QED) is 0.280. The van der Waals surface area contributed by atoms with Crippen LogP contribution in [0.5, 0.6) is 0 Å². The Morgan fingerprint density at radius 2 is 1.68 bits per heavy atom. The number of ether oxygens (including phenoxy) is 4. The van der Waals surface area contributed by atoms with Gasteiger partial charge < -0.3 is 24.3 Å². The first kappa shape index (κ1) is 30.0. The van der Waals surface area contributed by atoms with E-state index in [0.717, 1.165) is 38.6 Å². The number of hydrogen-bond acceptors (Lipinski definition) is 12. The lowest BCUT2D eigenvalue weighted by atomic mass is 9.94. The molecule has 2 amide bonds. The topological polar surface area (TPSA) is 210 Å². The normalized spacial score (nSPS) is 22.7. The highest BCUT2D eigenvalue weighted by Gasteiger charge is 2.54. The van der Waals surface area contributed by atoms with Crippen molar-refractivity contribution >= 4 is 46.8 Å². The molecule has 1 fully saturated rings. The molecule has 0 saturated carbocycles. The van der Waals surface area contributed by atoms with Crippen LogP contribution in [0, 0.1) is 0 Å². The van der Waals surface area contributed by atoms with Crippen LogP contribution in [0.3, 0.4) is 0 Å². The summed E-state index contributed by atoms with van der Waals surface area (Å²) in [6.45, 7) is 3.40. The van der Waals surface area contributed by atoms with Gasteiger partial charge >= 0.3 is 30.0 Å². The minimum Gasteiger partial charge on any atom is -0.463 e. The Labute approximate surface area is 221 Å². The number of nitrogens with zero attached hydrogens (tertiary/aromatic N) is 3. The van der Waals surface area contributed by atoms with Crippen molar-refractivity contribution in [2.45, 2.75) is 64.5 Å². The predicted octanol–water partition coefficient (Wildman–Crippen LogP) is -0.551. The molecule has 0 aromatic carbocycles. The van der Waals surface area contributed by atoms with E-state index in [1.807, 2.05) is 0 Å². The molecule has 2 aromatic heterocycles. The molecule has 16 nitrogen and oxygen atoms in total. The number of amides is 2. The number of rotatable bonds is 7. The monoisotopic (exact) mass is 576 g/mol. The number of anilines is 1. The van der Waals surface area contributed by atoms with Gasteiger partial charge in [0.2, 0.25) is 11.9 Å². The van der Waals surface area contributed by atoms with Crippen LogP contribution in [0.2, 0.25) is 0 Å². The first-order valence-electron chi connectivity index (χ1n) is 11.3. The molecule has 40 heavy (non-hydrogen) atoms. The summed E-state index contributed by atoms with van der Waals surface area (Å²) in [7, 11) is 0. The lowest BCUT2D eigenvalue weighted by molar-refractivity contribution is -0.239. The zero-order chi connectivity index (χ0) is 29.9. The van der Waals surface area contributed by atoms with E-state index in [9.17, 15) is 41.9 Å². The predicted molar refractivity (Wildman–Crippen MR) is 122 cm³/mol. The Balaban J connectivity index is 2.21. The van der Waals surface area contributed by atoms with Crippen molar-refractivity contribution in [3.8, 4) is 0 Å². The van der Waals surface area contributed by atoms with Crippen molar-refractivity contribution in [2.75, 3.05) is 11.9 Å². The molecule has 5 atom stereocenters. The average molecular weight is 576 g/mol. The van der Waals surface area contributed by atoms with Crippen molar-refractivity contribution in [3.63, 3.8) is 0 Å². The Morgan fingerprint density at radius 3 is 2.23 bits per heavy atom. The van der Waals surface area contributed by atoms with Crippen LogP contribution < -0.4 is 16.2 Å². The molecule has 1 saturated heterocycles. The Hall–Kier alpha value is -4.55. The maximum atomic E-state index is 13.3. The third-order valence-corrected chi connectivity index (χ3v) is 5.28. The van der Waals surface area contributed by atoms with E-state index in [4.69, 9.17) is 18.9 Å². The van der Waals surface area contributed by atoms with Gasteiger partial charge in [-0.05, 0) is 0 Å². The van der Waals surface area contributed by atoms with Crippen LogP contribution in [0.1, 0.15) is 33.9 Å². The van der Waals surface area contributed by atoms with E-state index < -0.39 is 78.6 Å². The molecule has 1 aliphatic heterocycles. The van der Waals surface area contributed by atoms with Gasteiger partial charge in [0.25, 0.3) is 5.56 Å². The number of carbonyl (C=O) groups excluding carboxylic acids is 5. The largest absolute Gasteiger partial charge is 0.471 e. The Kier molecular flexibility index (Phi) is 8.76. The Bertz CT molecular complexity index is 1390. The SMILES string of the molecule is CC(=O)Nc1nc2ncn([C@@H]3O[C@H](COC(C)=O)[C@@H](OC(C)=O)[C@H](OC(C)=O)[C@H]3NC(=O)C(F)(F)F)c2c(=O)[nH]1. The van der Waals surface area contributed by atoms with E-state index >= 15 is 0 Å². The number of imidazole rings is 1. The number of hydrogen-bond donors (Lipinski definition) is 3. The van der Waals surface area contributed by atoms with Crippen molar-refractivity contribution in [3.05, 3.63) is 16.7 Å². The maximum absolute atomic E-state index is 13.3. The molecule has 19 heteroatoms. The van der Waals surface area contributed by atoms with E-state index in [1.54, 1.807) is 5.32 Å². The van der Waals surface area contributed by atoms with Crippen LogP contribution in [-0.2, 0) is 42.9 Å². The fraction of sp³-hybridized carbons (Fsp3) is 0.524. The fourth-order valence-corrected chi connectivity index (χ4v) is 3.92. The van der Waals surface area contributed by atoms with Crippen molar-refractivity contribution in [1.82, 2.24) is 24.8 Å². The zero-order valence-electron chi connectivity index (χ0n) is 21.2. The highest BCUT2D eigenvalue weighted by atomic mass is 19.4. The van der Waals surface area contributed by atoms with Gasteiger partial charge in [-0.1, -0.05) is 0 Å². The highest BCUT2D eigenvalue weighted by molar-refractivity contribution is 5.87. The van der Waals surface area contributed by atoms with Gasteiger partial charge in [-0.2, -0.15) is 18.2 Å². The second-order valence-electron chi connectivity index (χ2n) is 8.43. The van der Waals surface area contributed by atoms with Crippen LogP contribution in [-0.4, -0.2) is 86.4 Å². The number of halogens is 3. The molecular weight excluding hydrogens is 553 g/mol. The van der Waals surface area contributed by atoms with Crippen molar-refractivity contribution in [1.29, 1.82) is 0 Å². The number of nitrogens with one attached hydrogen (secondary N) is 3. The molecule has 0 bridgehead atoms. The smallest absolute Gasteiger partial charge is 0.463 e. The summed E-state index contributed by atoms with van der Waals surface area (Å²) in [5.41, 5.74) is -1.61. The van der Waals surface area contributed by atoms with Gasteiger partial charge in [-0.25, -0.2) is 4.98 Å². The molecule has 218 valence electrons. The minimum absolute atomic E-state index is 0.290. The summed E-state index contributed by atoms with van der Waals surface area (Å²) in [5.74, 6) is -6.18. The van der Waals surface area contributed by atoms with Gasteiger partial charge in [0, 0.05) is 27.7 Å². The first-order chi connectivity index (χ1) is 18.6. The number of H-pyrrole nitrogens is 1. The van der Waals surface area contributed by atoms with Crippen LogP contribution >= 0.6 is 0 Å².